The van der Waals surface area contributed by atoms with E-state index in [1.165, 1.54) is 13.2 Å². The normalized spacial score (nSPS) is 22.7. The maximum atomic E-state index is 13.1. The lowest BCUT2D eigenvalue weighted by molar-refractivity contribution is -0.283. The molecule has 12 heteroatoms. The predicted octanol–water partition coefficient (Wildman–Crippen LogP) is 5.05. The number of benzene rings is 2. The quantitative estimate of drug-likeness (QED) is 0.221. The zero-order chi connectivity index (χ0) is 30.6. The highest BCUT2D eigenvalue weighted by Gasteiger charge is 2.59. The molecule has 226 valence electrons. The fourth-order valence-corrected chi connectivity index (χ4v) is 5.62. The molecule has 2 aliphatic heterocycles. The molecule has 2 N–H and O–H groups in total. The number of aromatic nitrogens is 1. The number of nitrogens with one attached hydrogen (secondary N) is 2. The van der Waals surface area contributed by atoms with Crippen molar-refractivity contribution >= 4 is 39.6 Å². The van der Waals surface area contributed by atoms with Gasteiger partial charge in [-0.25, -0.2) is 9.59 Å². The van der Waals surface area contributed by atoms with Crippen LogP contribution in [0.5, 0.6) is 11.5 Å². The van der Waals surface area contributed by atoms with Gasteiger partial charge in [-0.15, -0.1) is 0 Å². The summed E-state index contributed by atoms with van der Waals surface area (Å²) < 4.78 is 40.7. The molecular weight excluding hydrogens is 560 g/mol. The van der Waals surface area contributed by atoms with Crippen molar-refractivity contribution in [2.75, 3.05) is 12.4 Å². The molecule has 2 aliphatic rings. The van der Waals surface area contributed by atoms with E-state index >= 15 is 0 Å². The largest absolute Gasteiger partial charge is 0.509 e. The minimum Gasteiger partial charge on any atom is -0.487 e. The fourth-order valence-electron chi connectivity index (χ4n) is 5.62. The molecule has 2 fully saturated rings. The van der Waals surface area contributed by atoms with Crippen molar-refractivity contribution in [1.82, 2.24) is 4.98 Å². The summed E-state index contributed by atoms with van der Waals surface area (Å²) in [6, 6.07) is 12.4. The first-order valence-electron chi connectivity index (χ1n) is 13.9. The van der Waals surface area contributed by atoms with Gasteiger partial charge in [0.2, 0.25) is 12.4 Å². The third kappa shape index (κ3) is 5.17. The highest BCUT2D eigenvalue weighted by Crippen LogP contribution is 2.43. The van der Waals surface area contributed by atoms with E-state index in [0.29, 0.717) is 22.4 Å². The van der Waals surface area contributed by atoms with Crippen LogP contribution in [-0.4, -0.2) is 60.5 Å². The molecule has 0 spiro atoms. The number of aromatic amines is 1. The molecule has 12 nitrogen and oxygen atoms in total. The van der Waals surface area contributed by atoms with Gasteiger partial charge >= 0.3 is 11.8 Å². The van der Waals surface area contributed by atoms with Crippen LogP contribution in [0.3, 0.4) is 0 Å². The first kappa shape index (κ1) is 28.6. The summed E-state index contributed by atoms with van der Waals surface area (Å²) in [5.41, 5.74) is 0.0516. The highest BCUT2D eigenvalue weighted by molar-refractivity contribution is 6.06. The van der Waals surface area contributed by atoms with Gasteiger partial charge in [0.25, 0.3) is 5.91 Å². The van der Waals surface area contributed by atoms with Gasteiger partial charge < -0.3 is 43.1 Å². The van der Waals surface area contributed by atoms with E-state index in [1.807, 2.05) is 38.1 Å². The molecule has 0 aliphatic carbocycles. The average molecular weight is 593 g/mol. The number of carbonyl (C=O) groups is 2. The molecule has 2 aromatic carbocycles. The number of carbonyl (C=O) groups excluding carboxylic acids is 2. The van der Waals surface area contributed by atoms with Crippen molar-refractivity contribution in [3.8, 4) is 11.5 Å². The van der Waals surface area contributed by atoms with E-state index in [2.05, 4.69) is 10.3 Å². The number of aryl methyl sites for hydroxylation is 1. The molecule has 4 aromatic rings. The highest BCUT2D eigenvalue weighted by atomic mass is 16.8. The molecule has 1 amide bonds. The smallest absolute Gasteiger partial charge is 0.487 e. The van der Waals surface area contributed by atoms with Crippen LogP contribution < -0.4 is 20.4 Å². The standard InChI is InChI=1S/C31H32N2O10/c1-14(2)38-21-13-17-12-20(33-27(34)19-11-16-9-7-8-10-18(16)32-19)28(35)39-22(17)15(3)23(21)40-29-25-24(41-30(36)42-25)26(37-6)31(4,5)43-29/h7-14,24-26,29,32H,1-6H3,(H,33,34)/t24-,25+,26+,29+/m0/s1. The number of anilines is 1. The molecular formula is C31H32N2O10. The third-order valence-electron chi connectivity index (χ3n) is 7.50. The molecule has 2 saturated heterocycles. The summed E-state index contributed by atoms with van der Waals surface area (Å²) in [6.45, 7) is 9.00. The molecule has 4 atom stereocenters. The Morgan fingerprint density at radius 3 is 2.51 bits per heavy atom. The number of hydrogen-bond acceptors (Lipinski definition) is 10. The van der Waals surface area contributed by atoms with Crippen LogP contribution in [0.1, 0.15) is 43.7 Å². The molecule has 0 saturated carbocycles. The van der Waals surface area contributed by atoms with Gasteiger partial charge in [-0.3, -0.25) is 4.79 Å². The number of rotatable bonds is 7. The van der Waals surface area contributed by atoms with Crippen molar-refractivity contribution in [2.45, 2.75) is 70.9 Å². The Morgan fingerprint density at radius 2 is 1.79 bits per heavy atom. The van der Waals surface area contributed by atoms with Crippen LogP contribution >= 0.6 is 0 Å². The molecule has 4 heterocycles. The Kier molecular flexibility index (Phi) is 7.05. The number of para-hydroxylation sites is 1. The Bertz CT molecular complexity index is 1760. The zero-order valence-corrected chi connectivity index (χ0v) is 24.5. The van der Waals surface area contributed by atoms with Gasteiger partial charge in [-0.05, 0) is 58.9 Å². The summed E-state index contributed by atoms with van der Waals surface area (Å²) in [4.78, 5) is 41.2. The van der Waals surface area contributed by atoms with Crippen LogP contribution in [0.15, 0.2) is 51.7 Å². The summed E-state index contributed by atoms with van der Waals surface area (Å²) in [7, 11) is 1.50. The van der Waals surface area contributed by atoms with Crippen molar-refractivity contribution in [1.29, 1.82) is 0 Å². The van der Waals surface area contributed by atoms with Gasteiger partial charge in [-0.1, -0.05) is 18.2 Å². The summed E-state index contributed by atoms with van der Waals surface area (Å²) in [6.07, 6.45) is -4.51. The number of fused-ring (bicyclic) bond motifs is 3. The van der Waals surface area contributed by atoms with E-state index < -0.39 is 47.9 Å². The Morgan fingerprint density at radius 1 is 1.05 bits per heavy atom. The maximum Gasteiger partial charge on any atom is 0.509 e. The lowest BCUT2D eigenvalue weighted by atomic mass is 9.89. The molecule has 6 rings (SSSR count). The minimum absolute atomic E-state index is 0.0412. The second-order valence-corrected chi connectivity index (χ2v) is 11.4. The molecule has 43 heavy (non-hydrogen) atoms. The lowest BCUT2D eigenvalue weighted by Gasteiger charge is -2.45. The first-order chi connectivity index (χ1) is 20.4. The van der Waals surface area contributed by atoms with E-state index in [0.717, 1.165) is 10.9 Å². The van der Waals surface area contributed by atoms with Gasteiger partial charge in [-0.2, -0.15) is 0 Å². The van der Waals surface area contributed by atoms with E-state index in [-0.39, 0.29) is 23.1 Å². The van der Waals surface area contributed by atoms with Crippen molar-refractivity contribution in [2.24, 2.45) is 0 Å². The molecule has 0 bridgehead atoms. The molecule has 0 unspecified atom stereocenters. The maximum absolute atomic E-state index is 13.1. The SMILES string of the molecule is CO[C@@H]1[C@H]2OC(=O)O[C@H]2[C@H](Oc2c(OC(C)C)cc3cc(NC(=O)c4cc5ccccc5[nH]4)c(=O)oc3c2C)OC1(C)C. The van der Waals surface area contributed by atoms with Crippen LogP contribution in [0, 0.1) is 6.92 Å². The molecule has 2 aromatic heterocycles. The van der Waals surface area contributed by atoms with Crippen LogP contribution in [0.2, 0.25) is 0 Å². The number of amides is 1. The van der Waals surface area contributed by atoms with Gasteiger partial charge in [0.15, 0.2) is 17.6 Å². The number of ether oxygens (including phenoxy) is 6. The Labute approximate surface area is 246 Å². The van der Waals surface area contributed by atoms with Crippen LogP contribution in [0.25, 0.3) is 21.9 Å². The third-order valence-corrected chi connectivity index (χ3v) is 7.50. The predicted molar refractivity (Wildman–Crippen MR) is 155 cm³/mol. The number of methoxy groups -OCH3 is 1. The van der Waals surface area contributed by atoms with Gasteiger partial charge in [0, 0.05) is 29.0 Å². The second-order valence-electron chi connectivity index (χ2n) is 11.4. The topological polar surface area (TPSA) is 148 Å². The Hall–Kier alpha value is -4.55. The number of H-pyrrole nitrogens is 1. The lowest BCUT2D eigenvalue weighted by Crippen LogP contribution is -2.62. The van der Waals surface area contributed by atoms with Crippen LogP contribution in [0.4, 0.5) is 10.5 Å². The van der Waals surface area contributed by atoms with Crippen molar-refractivity contribution in [3.63, 3.8) is 0 Å². The number of hydrogen-bond donors (Lipinski definition) is 2. The summed E-state index contributed by atoms with van der Waals surface area (Å²) in [5.74, 6) is 0.0730. The van der Waals surface area contributed by atoms with Gasteiger partial charge in [0.1, 0.15) is 23.1 Å². The average Bonchev–Trinajstić information content (AvgIpc) is 3.55. The molecule has 0 radical (unpaired) electrons. The van der Waals surface area contributed by atoms with Crippen LogP contribution in [-0.2, 0) is 18.9 Å². The monoisotopic (exact) mass is 592 g/mol. The Balaban J connectivity index is 1.36. The fraction of sp³-hybridized carbons (Fsp3) is 0.387. The van der Waals surface area contributed by atoms with Crippen molar-refractivity contribution in [3.05, 3.63) is 64.1 Å². The zero-order valence-electron chi connectivity index (χ0n) is 24.5. The summed E-state index contributed by atoms with van der Waals surface area (Å²) in [5, 5.41) is 4.00. The van der Waals surface area contributed by atoms with E-state index in [9.17, 15) is 14.4 Å². The second kappa shape index (κ2) is 10.6. The van der Waals surface area contributed by atoms with Gasteiger partial charge in [0.05, 0.1) is 11.7 Å². The summed E-state index contributed by atoms with van der Waals surface area (Å²) >= 11 is 0. The first-order valence-corrected chi connectivity index (χ1v) is 13.9. The van der Waals surface area contributed by atoms with E-state index in [4.69, 9.17) is 32.8 Å². The van der Waals surface area contributed by atoms with Crippen molar-refractivity contribution < 1.29 is 42.4 Å². The minimum atomic E-state index is -1.09. The van der Waals surface area contributed by atoms with E-state index in [1.54, 1.807) is 32.9 Å².